The number of para-hydroxylation sites is 2. The molecule has 6 aromatic carbocycles. The SMILES string of the molecule is CC1(C)c2ccccc2-n2c3ccc(-c4ccccc4-c4ccc(-c5ccccc5)cc4)cc3c3cccc1c32. The molecule has 7 aromatic rings. The van der Waals surface area contributed by atoms with Crippen LogP contribution in [-0.4, -0.2) is 4.57 Å². The molecule has 1 aliphatic rings. The second kappa shape index (κ2) is 8.56. The third kappa shape index (κ3) is 3.28. The Morgan fingerprint density at radius 2 is 1.05 bits per heavy atom. The summed E-state index contributed by atoms with van der Waals surface area (Å²) in [6.07, 6.45) is 0. The first-order chi connectivity index (χ1) is 19.6. The summed E-state index contributed by atoms with van der Waals surface area (Å²) in [5.41, 5.74) is 14.1. The summed E-state index contributed by atoms with van der Waals surface area (Å²) in [5.74, 6) is 0. The van der Waals surface area contributed by atoms with Crippen molar-refractivity contribution in [3.63, 3.8) is 0 Å². The minimum atomic E-state index is -0.0537. The van der Waals surface area contributed by atoms with E-state index in [4.69, 9.17) is 0 Å². The van der Waals surface area contributed by atoms with E-state index in [1.54, 1.807) is 0 Å². The Bertz CT molecular complexity index is 2060. The number of rotatable bonds is 3. The molecule has 2 heterocycles. The molecular weight excluding hydrogens is 482 g/mol. The first-order valence-corrected chi connectivity index (χ1v) is 14.0. The molecule has 0 N–H and O–H groups in total. The summed E-state index contributed by atoms with van der Waals surface area (Å²) in [6, 6.07) is 51.0. The van der Waals surface area contributed by atoms with E-state index >= 15 is 0 Å². The van der Waals surface area contributed by atoms with Gasteiger partial charge < -0.3 is 4.57 Å². The molecule has 1 aromatic heterocycles. The number of fused-ring (bicyclic) bond motifs is 5. The van der Waals surface area contributed by atoms with E-state index in [9.17, 15) is 0 Å². The molecule has 0 amide bonds. The van der Waals surface area contributed by atoms with Crippen molar-refractivity contribution in [2.24, 2.45) is 0 Å². The monoisotopic (exact) mass is 511 g/mol. The molecule has 8 rings (SSSR count). The first-order valence-electron chi connectivity index (χ1n) is 14.0. The van der Waals surface area contributed by atoms with Gasteiger partial charge >= 0.3 is 0 Å². The summed E-state index contributed by atoms with van der Waals surface area (Å²) in [5, 5.41) is 2.62. The van der Waals surface area contributed by atoms with Crippen molar-refractivity contribution in [3.8, 4) is 39.1 Å². The van der Waals surface area contributed by atoms with Gasteiger partial charge in [0.2, 0.25) is 0 Å². The maximum absolute atomic E-state index is 2.48. The summed E-state index contributed by atoms with van der Waals surface area (Å²) in [6.45, 7) is 4.71. The van der Waals surface area contributed by atoms with Gasteiger partial charge in [-0.2, -0.15) is 0 Å². The summed E-state index contributed by atoms with van der Waals surface area (Å²) in [7, 11) is 0. The van der Waals surface area contributed by atoms with E-state index in [1.165, 1.54) is 72.0 Å². The predicted octanol–water partition coefficient (Wildman–Crippen LogP) is 10.4. The van der Waals surface area contributed by atoms with Crippen molar-refractivity contribution in [2.45, 2.75) is 19.3 Å². The largest absolute Gasteiger partial charge is 0.309 e. The highest BCUT2D eigenvalue weighted by molar-refractivity contribution is 6.12. The van der Waals surface area contributed by atoms with Crippen LogP contribution in [0.5, 0.6) is 0 Å². The lowest BCUT2D eigenvalue weighted by atomic mass is 9.75. The van der Waals surface area contributed by atoms with Gasteiger partial charge in [-0.15, -0.1) is 0 Å². The van der Waals surface area contributed by atoms with Crippen molar-refractivity contribution in [1.82, 2.24) is 4.57 Å². The fourth-order valence-corrected chi connectivity index (χ4v) is 6.79. The van der Waals surface area contributed by atoms with Gasteiger partial charge in [0.05, 0.1) is 16.7 Å². The van der Waals surface area contributed by atoms with E-state index in [-0.39, 0.29) is 5.41 Å². The van der Waals surface area contributed by atoms with Crippen LogP contribution in [0, 0.1) is 0 Å². The van der Waals surface area contributed by atoms with Crippen molar-refractivity contribution >= 4 is 21.8 Å². The maximum Gasteiger partial charge on any atom is 0.0582 e. The third-order valence-electron chi connectivity index (χ3n) is 8.82. The molecule has 1 nitrogen and oxygen atoms in total. The highest BCUT2D eigenvalue weighted by Gasteiger charge is 2.34. The quantitative estimate of drug-likeness (QED) is 0.222. The number of nitrogens with zero attached hydrogens (tertiary/aromatic N) is 1. The topological polar surface area (TPSA) is 4.93 Å². The Labute approximate surface area is 235 Å². The molecule has 190 valence electrons. The van der Waals surface area contributed by atoms with Crippen LogP contribution in [0.15, 0.2) is 140 Å². The fourth-order valence-electron chi connectivity index (χ4n) is 6.79. The number of hydrogen-bond acceptors (Lipinski definition) is 0. The normalized spacial score (nSPS) is 13.4. The average molecular weight is 512 g/mol. The second-order valence-electron chi connectivity index (χ2n) is 11.4. The first kappa shape index (κ1) is 23.0. The Morgan fingerprint density at radius 1 is 0.450 bits per heavy atom. The molecule has 1 aliphatic heterocycles. The Kier molecular flexibility index (Phi) is 4.93. The van der Waals surface area contributed by atoms with Crippen LogP contribution in [0.1, 0.15) is 25.0 Å². The second-order valence-corrected chi connectivity index (χ2v) is 11.4. The van der Waals surface area contributed by atoms with Crippen LogP contribution in [0.3, 0.4) is 0 Å². The summed E-state index contributed by atoms with van der Waals surface area (Å²) < 4.78 is 2.48. The van der Waals surface area contributed by atoms with Crippen molar-refractivity contribution in [2.75, 3.05) is 0 Å². The molecule has 0 unspecified atom stereocenters. The molecule has 0 aliphatic carbocycles. The molecule has 0 fully saturated rings. The predicted molar refractivity (Wildman–Crippen MR) is 169 cm³/mol. The summed E-state index contributed by atoms with van der Waals surface area (Å²) in [4.78, 5) is 0. The van der Waals surface area contributed by atoms with Gasteiger partial charge in [0.15, 0.2) is 0 Å². The molecule has 40 heavy (non-hydrogen) atoms. The number of benzene rings is 6. The van der Waals surface area contributed by atoms with Gasteiger partial charge in [0.1, 0.15) is 0 Å². The van der Waals surface area contributed by atoms with Crippen molar-refractivity contribution in [3.05, 3.63) is 151 Å². The lowest BCUT2D eigenvalue weighted by molar-refractivity contribution is 0.630. The molecule has 0 atom stereocenters. The smallest absolute Gasteiger partial charge is 0.0582 e. The van der Waals surface area contributed by atoms with E-state index in [2.05, 4.69) is 158 Å². The average Bonchev–Trinajstić information content (AvgIpc) is 3.35. The van der Waals surface area contributed by atoms with E-state index in [0.29, 0.717) is 0 Å². The zero-order valence-corrected chi connectivity index (χ0v) is 22.7. The van der Waals surface area contributed by atoms with Crippen LogP contribution in [-0.2, 0) is 5.41 Å². The number of hydrogen-bond donors (Lipinski definition) is 0. The molecule has 0 radical (unpaired) electrons. The van der Waals surface area contributed by atoms with E-state index in [0.717, 1.165) is 0 Å². The molecular formula is C39H29N. The fraction of sp³-hybridized carbons (Fsp3) is 0.0769. The van der Waals surface area contributed by atoms with Crippen molar-refractivity contribution < 1.29 is 0 Å². The van der Waals surface area contributed by atoms with Crippen LogP contribution in [0.2, 0.25) is 0 Å². The van der Waals surface area contributed by atoms with Crippen LogP contribution in [0.25, 0.3) is 60.9 Å². The van der Waals surface area contributed by atoms with E-state index in [1.807, 2.05) is 0 Å². The lowest BCUT2D eigenvalue weighted by Gasteiger charge is -2.34. The third-order valence-corrected chi connectivity index (χ3v) is 8.82. The van der Waals surface area contributed by atoms with Crippen LogP contribution < -0.4 is 0 Å². The Balaban J connectivity index is 1.31. The van der Waals surface area contributed by atoms with Crippen LogP contribution >= 0.6 is 0 Å². The standard InChI is InChI=1S/C39H29N/c1-39(2)34-16-8-9-18-37(34)40-36-24-23-29(25-33(36)32-15-10-17-35(39)38(32)40)31-14-7-6-13-30(31)28-21-19-27(20-22-28)26-11-4-3-5-12-26/h3-25H,1-2H3. The van der Waals surface area contributed by atoms with Crippen LogP contribution in [0.4, 0.5) is 0 Å². The molecule has 0 saturated heterocycles. The summed E-state index contributed by atoms with van der Waals surface area (Å²) >= 11 is 0. The highest BCUT2D eigenvalue weighted by atomic mass is 15.0. The molecule has 0 bridgehead atoms. The van der Waals surface area contributed by atoms with Gasteiger partial charge in [-0.05, 0) is 62.7 Å². The molecule has 1 heteroatoms. The molecule has 0 saturated carbocycles. The highest BCUT2D eigenvalue weighted by Crippen LogP contribution is 2.48. The zero-order valence-electron chi connectivity index (χ0n) is 22.7. The molecule has 0 spiro atoms. The van der Waals surface area contributed by atoms with E-state index < -0.39 is 0 Å². The lowest BCUT2D eigenvalue weighted by Crippen LogP contribution is -2.26. The Morgan fingerprint density at radius 3 is 1.85 bits per heavy atom. The Hall–Kier alpha value is -4.88. The zero-order chi connectivity index (χ0) is 26.8. The van der Waals surface area contributed by atoms with Gasteiger partial charge in [-0.25, -0.2) is 0 Å². The number of aromatic nitrogens is 1. The minimum Gasteiger partial charge on any atom is -0.309 e. The minimum absolute atomic E-state index is 0.0537. The van der Waals surface area contributed by atoms with Gasteiger partial charge in [0, 0.05) is 16.2 Å². The van der Waals surface area contributed by atoms with Gasteiger partial charge in [-0.3, -0.25) is 0 Å². The van der Waals surface area contributed by atoms with Crippen molar-refractivity contribution in [1.29, 1.82) is 0 Å². The van der Waals surface area contributed by atoms with Gasteiger partial charge in [0.25, 0.3) is 0 Å². The maximum atomic E-state index is 2.48. The van der Waals surface area contributed by atoms with Gasteiger partial charge in [-0.1, -0.05) is 135 Å².